The Labute approximate surface area is 84.4 Å². The maximum Gasteiger partial charge on any atom is 0.188 e. The molecule has 0 aliphatic rings. The number of benzene rings is 1. The molecule has 0 amide bonds. The molecular formula is C9H6N2S2. The van der Waals surface area contributed by atoms with Crippen molar-refractivity contribution in [3.63, 3.8) is 0 Å². The Morgan fingerprint density at radius 1 is 1.54 bits per heavy atom. The van der Waals surface area contributed by atoms with E-state index in [-0.39, 0.29) is 0 Å². The Kier molecular flexibility index (Phi) is 2.21. The van der Waals surface area contributed by atoms with Gasteiger partial charge in [-0.3, -0.25) is 0 Å². The predicted octanol–water partition coefficient (Wildman–Crippen LogP) is 3.57. The van der Waals surface area contributed by atoms with E-state index in [0.29, 0.717) is 5.69 Å². The largest absolute Gasteiger partial charge is 0.238 e. The molecule has 2 rings (SSSR count). The molecule has 0 N–H and O–H groups in total. The van der Waals surface area contributed by atoms with E-state index in [1.54, 1.807) is 29.2 Å². The third-order valence-corrected chi connectivity index (χ3v) is 3.66. The topological polar surface area (TPSA) is 17.2 Å². The minimum Gasteiger partial charge on any atom is -0.238 e. The summed E-state index contributed by atoms with van der Waals surface area (Å²) >= 11 is 3.27. The van der Waals surface area contributed by atoms with Gasteiger partial charge in [0.15, 0.2) is 10.0 Å². The first-order chi connectivity index (χ1) is 6.33. The molecular weight excluding hydrogens is 200 g/mol. The summed E-state index contributed by atoms with van der Waals surface area (Å²) in [4.78, 5) is 7.76. The van der Waals surface area contributed by atoms with Crippen molar-refractivity contribution in [1.29, 1.82) is 0 Å². The molecule has 64 valence electrons. The Balaban J connectivity index is 2.65. The number of rotatable bonds is 1. The third kappa shape index (κ3) is 1.53. The van der Waals surface area contributed by atoms with Gasteiger partial charge in [-0.15, -0.1) is 11.3 Å². The lowest BCUT2D eigenvalue weighted by molar-refractivity contribution is 1.31. The second kappa shape index (κ2) is 3.36. The number of thiazole rings is 1. The summed E-state index contributed by atoms with van der Waals surface area (Å²) in [7, 11) is 0. The van der Waals surface area contributed by atoms with Crippen molar-refractivity contribution in [3.05, 3.63) is 29.6 Å². The fourth-order valence-electron chi connectivity index (χ4n) is 1.05. The summed E-state index contributed by atoms with van der Waals surface area (Å²) in [5, 5.41) is 0. The minimum absolute atomic E-state index is 0.684. The van der Waals surface area contributed by atoms with Crippen molar-refractivity contribution in [2.75, 3.05) is 6.26 Å². The van der Waals surface area contributed by atoms with Crippen LogP contribution in [0.3, 0.4) is 0 Å². The number of hydrogen-bond donors (Lipinski definition) is 0. The summed E-state index contributed by atoms with van der Waals surface area (Å²) in [5.74, 6) is 0. The number of aromatic nitrogens is 1. The molecule has 4 heteroatoms. The van der Waals surface area contributed by atoms with Crippen molar-refractivity contribution in [3.8, 4) is 0 Å². The van der Waals surface area contributed by atoms with Crippen LogP contribution in [0.4, 0.5) is 5.69 Å². The summed E-state index contributed by atoms with van der Waals surface area (Å²) in [6, 6.07) is 5.60. The van der Waals surface area contributed by atoms with Gasteiger partial charge in [0.25, 0.3) is 0 Å². The standard InChI is InChI=1S/C9H6N2S2/c1-10-6-3-4-7-8(5-6)13-9(11-7)12-2/h3-5H,2H3. The van der Waals surface area contributed by atoms with Crippen LogP contribution in [-0.2, 0) is 0 Å². The van der Waals surface area contributed by atoms with Crippen LogP contribution in [0.5, 0.6) is 0 Å². The zero-order chi connectivity index (χ0) is 9.26. The van der Waals surface area contributed by atoms with Gasteiger partial charge in [0, 0.05) is 4.70 Å². The van der Waals surface area contributed by atoms with E-state index in [4.69, 9.17) is 6.57 Å². The monoisotopic (exact) mass is 206 g/mol. The average Bonchev–Trinajstić information content (AvgIpc) is 2.58. The maximum absolute atomic E-state index is 6.87. The fourth-order valence-corrected chi connectivity index (χ4v) is 2.57. The molecule has 0 bridgehead atoms. The molecule has 0 spiro atoms. The summed E-state index contributed by atoms with van der Waals surface area (Å²) in [5.41, 5.74) is 1.67. The zero-order valence-corrected chi connectivity index (χ0v) is 8.58. The molecule has 0 saturated carbocycles. The van der Waals surface area contributed by atoms with Gasteiger partial charge in [0.05, 0.1) is 12.1 Å². The van der Waals surface area contributed by atoms with E-state index in [1.807, 2.05) is 18.4 Å². The van der Waals surface area contributed by atoms with Crippen molar-refractivity contribution in [2.45, 2.75) is 4.34 Å². The first kappa shape index (κ1) is 8.54. The van der Waals surface area contributed by atoms with Gasteiger partial charge in [-0.2, -0.15) is 0 Å². The number of thioether (sulfide) groups is 1. The second-order valence-electron chi connectivity index (χ2n) is 2.45. The molecule has 0 fully saturated rings. The molecule has 0 unspecified atom stereocenters. The van der Waals surface area contributed by atoms with Crippen molar-refractivity contribution >= 4 is 39.0 Å². The highest BCUT2D eigenvalue weighted by atomic mass is 32.2. The van der Waals surface area contributed by atoms with Crippen LogP contribution in [0.2, 0.25) is 0 Å². The number of nitrogens with zero attached hydrogens (tertiary/aromatic N) is 2. The maximum atomic E-state index is 6.87. The van der Waals surface area contributed by atoms with Crippen LogP contribution in [0.25, 0.3) is 15.1 Å². The highest BCUT2D eigenvalue weighted by molar-refractivity contribution is 8.00. The summed E-state index contributed by atoms with van der Waals surface area (Å²) in [6.45, 7) is 6.87. The van der Waals surface area contributed by atoms with E-state index < -0.39 is 0 Å². The van der Waals surface area contributed by atoms with Crippen LogP contribution in [0.1, 0.15) is 0 Å². The Bertz CT molecular complexity index is 482. The lowest BCUT2D eigenvalue weighted by Crippen LogP contribution is -1.66. The van der Waals surface area contributed by atoms with Gasteiger partial charge in [0.2, 0.25) is 0 Å². The van der Waals surface area contributed by atoms with Crippen molar-refractivity contribution in [1.82, 2.24) is 4.98 Å². The van der Waals surface area contributed by atoms with Gasteiger partial charge >= 0.3 is 0 Å². The minimum atomic E-state index is 0.684. The summed E-state index contributed by atoms with van der Waals surface area (Å²) < 4.78 is 2.15. The second-order valence-corrected chi connectivity index (χ2v) is 4.53. The molecule has 13 heavy (non-hydrogen) atoms. The number of hydrogen-bond acceptors (Lipinski definition) is 3. The van der Waals surface area contributed by atoms with E-state index in [2.05, 4.69) is 9.83 Å². The average molecular weight is 206 g/mol. The number of fused-ring (bicyclic) bond motifs is 1. The molecule has 1 aromatic carbocycles. The lowest BCUT2D eigenvalue weighted by Gasteiger charge is -1.86. The molecule has 2 nitrogen and oxygen atoms in total. The van der Waals surface area contributed by atoms with Crippen LogP contribution < -0.4 is 0 Å². The first-order valence-electron chi connectivity index (χ1n) is 3.65. The fraction of sp³-hybridized carbons (Fsp3) is 0.111. The molecule has 2 aromatic rings. The zero-order valence-electron chi connectivity index (χ0n) is 6.94. The normalized spacial score (nSPS) is 10.2. The highest BCUT2D eigenvalue weighted by Gasteiger charge is 2.02. The lowest BCUT2D eigenvalue weighted by atomic mass is 10.3. The van der Waals surface area contributed by atoms with E-state index in [9.17, 15) is 0 Å². The van der Waals surface area contributed by atoms with Crippen molar-refractivity contribution < 1.29 is 0 Å². The van der Waals surface area contributed by atoms with Gasteiger partial charge in [-0.1, -0.05) is 17.8 Å². The molecule has 0 atom stereocenters. The molecule has 0 saturated heterocycles. The van der Waals surface area contributed by atoms with Crippen LogP contribution in [0, 0.1) is 6.57 Å². The Morgan fingerprint density at radius 2 is 2.38 bits per heavy atom. The Morgan fingerprint density at radius 3 is 3.08 bits per heavy atom. The quantitative estimate of drug-likeness (QED) is 0.524. The Hall–Kier alpha value is -1.05. The molecule has 1 aromatic heterocycles. The van der Waals surface area contributed by atoms with Gasteiger partial charge in [-0.05, 0) is 18.4 Å². The smallest absolute Gasteiger partial charge is 0.188 e. The molecule has 1 heterocycles. The molecule has 0 aliphatic carbocycles. The van der Waals surface area contributed by atoms with Gasteiger partial charge in [0.1, 0.15) is 0 Å². The van der Waals surface area contributed by atoms with Gasteiger partial charge in [-0.25, -0.2) is 9.83 Å². The van der Waals surface area contributed by atoms with Crippen LogP contribution in [-0.4, -0.2) is 11.2 Å². The molecule has 0 radical (unpaired) electrons. The molecule has 0 aliphatic heterocycles. The van der Waals surface area contributed by atoms with Crippen LogP contribution in [0.15, 0.2) is 22.5 Å². The van der Waals surface area contributed by atoms with Gasteiger partial charge < -0.3 is 0 Å². The van der Waals surface area contributed by atoms with E-state index in [0.717, 1.165) is 14.6 Å². The first-order valence-corrected chi connectivity index (χ1v) is 5.69. The third-order valence-electron chi connectivity index (χ3n) is 1.66. The van der Waals surface area contributed by atoms with Crippen LogP contribution >= 0.6 is 23.1 Å². The predicted molar refractivity (Wildman–Crippen MR) is 57.7 cm³/mol. The highest BCUT2D eigenvalue weighted by Crippen LogP contribution is 2.30. The SMILES string of the molecule is [C-]#[N+]c1ccc2nc(SC)sc2c1. The van der Waals surface area contributed by atoms with E-state index in [1.165, 1.54) is 0 Å². The van der Waals surface area contributed by atoms with E-state index >= 15 is 0 Å². The van der Waals surface area contributed by atoms with Crippen molar-refractivity contribution in [2.24, 2.45) is 0 Å². The summed E-state index contributed by atoms with van der Waals surface area (Å²) in [6.07, 6.45) is 2.01.